The number of amides is 1. The molecule has 0 radical (unpaired) electrons. The van der Waals surface area contributed by atoms with Gasteiger partial charge in [0, 0.05) is 13.1 Å². The normalized spacial score (nSPS) is 10.8. The lowest BCUT2D eigenvalue weighted by atomic mass is 10.1. The molecule has 0 aliphatic carbocycles. The van der Waals surface area contributed by atoms with Gasteiger partial charge in [-0.3, -0.25) is 0 Å². The number of alkyl carbamates (subject to hydrolysis) is 1. The van der Waals surface area contributed by atoms with Crippen LogP contribution in [0.15, 0.2) is 33.2 Å². The summed E-state index contributed by atoms with van der Waals surface area (Å²) in [6.45, 7) is 9.39. The number of nitrogens with one attached hydrogen (secondary N) is 1. The van der Waals surface area contributed by atoms with Crippen LogP contribution in [0, 0.1) is 25.5 Å². The minimum atomic E-state index is -0.538. The van der Waals surface area contributed by atoms with Gasteiger partial charge in [-0.25, -0.2) is 13.6 Å². The zero-order chi connectivity index (χ0) is 22.4. The molecule has 0 aliphatic rings. The third kappa shape index (κ3) is 8.03. The molecular formula is C21H26Br2F2N2O2. The molecule has 0 saturated heterocycles. The van der Waals surface area contributed by atoms with Gasteiger partial charge in [0.2, 0.25) is 0 Å². The highest BCUT2D eigenvalue weighted by atomic mass is 79.9. The topological polar surface area (TPSA) is 64.3 Å². The molecule has 0 saturated carbocycles. The number of hydrogen-bond donors (Lipinski definition) is 2. The Kier molecular flexibility index (Phi) is 9.71. The van der Waals surface area contributed by atoms with Crippen LogP contribution in [0.4, 0.5) is 13.6 Å². The molecule has 4 nitrogen and oxygen atoms in total. The molecule has 1 amide bonds. The highest BCUT2D eigenvalue weighted by molar-refractivity contribution is 9.10. The van der Waals surface area contributed by atoms with Crippen molar-refractivity contribution in [1.29, 1.82) is 0 Å². The van der Waals surface area contributed by atoms with Crippen LogP contribution in [0.3, 0.4) is 0 Å². The van der Waals surface area contributed by atoms with Gasteiger partial charge in [0.25, 0.3) is 0 Å². The average Bonchev–Trinajstić information content (AvgIpc) is 2.63. The van der Waals surface area contributed by atoms with Crippen molar-refractivity contribution < 1.29 is 18.3 Å². The number of halogens is 4. The summed E-state index contributed by atoms with van der Waals surface area (Å²) in [5.74, 6) is -0.522. The van der Waals surface area contributed by atoms with E-state index in [0.717, 1.165) is 11.1 Å². The van der Waals surface area contributed by atoms with Crippen LogP contribution in [0.5, 0.6) is 0 Å². The number of benzene rings is 2. The molecule has 29 heavy (non-hydrogen) atoms. The van der Waals surface area contributed by atoms with Crippen LogP contribution < -0.4 is 11.1 Å². The minimum absolute atomic E-state index is 0.215. The monoisotopic (exact) mass is 534 g/mol. The number of ether oxygens (including phenoxy) is 1. The molecule has 8 heteroatoms. The van der Waals surface area contributed by atoms with E-state index in [4.69, 9.17) is 10.5 Å². The molecule has 0 aliphatic heterocycles. The van der Waals surface area contributed by atoms with Crippen LogP contribution in [-0.2, 0) is 17.8 Å². The average molecular weight is 536 g/mol. The quantitative estimate of drug-likeness (QED) is 0.486. The predicted molar refractivity (Wildman–Crippen MR) is 119 cm³/mol. The first kappa shape index (κ1) is 25.5. The summed E-state index contributed by atoms with van der Waals surface area (Å²) < 4.78 is 32.7. The van der Waals surface area contributed by atoms with Gasteiger partial charge < -0.3 is 15.8 Å². The highest BCUT2D eigenvalue weighted by Crippen LogP contribution is 2.22. The Morgan fingerprint density at radius 2 is 1.45 bits per heavy atom. The first-order valence-electron chi connectivity index (χ1n) is 8.91. The van der Waals surface area contributed by atoms with E-state index in [1.165, 1.54) is 0 Å². The summed E-state index contributed by atoms with van der Waals surface area (Å²) in [7, 11) is 0. The lowest BCUT2D eigenvalue weighted by Gasteiger charge is -2.20. The lowest BCUT2D eigenvalue weighted by molar-refractivity contribution is 0.0523. The first-order chi connectivity index (χ1) is 13.4. The molecular weight excluding hydrogens is 510 g/mol. The van der Waals surface area contributed by atoms with E-state index < -0.39 is 11.7 Å². The van der Waals surface area contributed by atoms with Crippen LogP contribution in [0.1, 0.15) is 43.0 Å². The summed E-state index contributed by atoms with van der Waals surface area (Å²) in [6, 6.07) is 6.88. The maximum Gasteiger partial charge on any atom is 0.407 e. The zero-order valence-electron chi connectivity index (χ0n) is 17.1. The molecule has 0 unspecified atom stereocenters. The molecule has 0 bridgehead atoms. The van der Waals surface area contributed by atoms with E-state index in [9.17, 15) is 13.6 Å². The molecule has 0 heterocycles. The van der Waals surface area contributed by atoms with Gasteiger partial charge in [0.1, 0.15) is 17.2 Å². The smallest absolute Gasteiger partial charge is 0.407 e. The van der Waals surface area contributed by atoms with E-state index >= 15 is 0 Å². The molecule has 0 atom stereocenters. The van der Waals surface area contributed by atoms with Gasteiger partial charge >= 0.3 is 6.09 Å². The second-order valence-corrected chi connectivity index (χ2v) is 9.06. The fourth-order valence-electron chi connectivity index (χ4n) is 2.28. The summed E-state index contributed by atoms with van der Waals surface area (Å²) in [6.07, 6.45) is -0.509. The second-order valence-electron chi connectivity index (χ2n) is 7.35. The summed E-state index contributed by atoms with van der Waals surface area (Å²) >= 11 is 6.21. The molecule has 160 valence electrons. The Morgan fingerprint density at radius 1 is 1.00 bits per heavy atom. The standard InChI is InChI=1S/C13H17BrFNO2.C8H9BrFN/c1-8-9(5-6-10(14)11(8)15)7-16-12(17)18-13(2,3)4;1-5-6(4-11)2-3-7(9)8(5)10/h5-6H,7H2,1-4H3,(H,16,17);2-3H,4,11H2,1H3. The van der Waals surface area contributed by atoms with Crippen molar-refractivity contribution in [2.45, 2.75) is 53.3 Å². The predicted octanol–water partition coefficient (Wildman–Crippen LogP) is 6.28. The number of rotatable bonds is 3. The van der Waals surface area contributed by atoms with Gasteiger partial charge in [-0.15, -0.1) is 0 Å². The third-order valence-corrected chi connectivity index (χ3v) is 5.17. The van der Waals surface area contributed by atoms with Gasteiger partial charge in [0.05, 0.1) is 8.95 Å². The number of nitrogens with two attached hydrogens (primary N) is 1. The summed E-state index contributed by atoms with van der Waals surface area (Å²) in [5, 5.41) is 2.60. The van der Waals surface area contributed by atoms with Crippen molar-refractivity contribution in [2.24, 2.45) is 5.73 Å². The van der Waals surface area contributed by atoms with Gasteiger partial charge in [-0.1, -0.05) is 12.1 Å². The van der Waals surface area contributed by atoms with Crippen molar-refractivity contribution in [2.75, 3.05) is 0 Å². The summed E-state index contributed by atoms with van der Waals surface area (Å²) in [4.78, 5) is 11.5. The molecule has 0 spiro atoms. The zero-order valence-corrected chi connectivity index (χ0v) is 20.3. The minimum Gasteiger partial charge on any atom is -0.444 e. The molecule has 2 aromatic rings. The Labute approximate surface area is 187 Å². The van der Waals surface area contributed by atoms with Gasteiger partial charge in [0.15, 0.2) is 0 Å². The molecule has 0 fully saturated rings. The lowest BCUT2D eigenvalue weighted by Crippen LogP contribution is -2.32. The van der Waals surface area contributed by atoms with Crippen molar-refractivity contribution in [3.8, 4) is 0 Å². The van der Waals surface area contributed by atoms with Gasteiger partial charge in [-0.05, 0) is 101 Å². The SMILES string of the molecule is Cc1c(CN)ccc(Br)c1F.Cc1c(CNC(=O)OC(C)(C)C)ccc(Br)c1F. The van der Waals surface area contributed by atoms with Crippen LogP contribution in [0.25, 0.3) is 0 Å². The fourth-order valence-corrected chi connectivity index (χ4v) is 3.14. The molecule has 2 rings (SSSR count). The molecule has 3 N–H and O–H groups in total. The fraction of sp³-hybridized carbons (Fsp3) is 0.381. The first-order valence-corrected chi connectivity index (χ1v) is 10.5. The molecule has 2 aromatic carbocycles. The van der Waals surface area contributed by atoms with Crippen LogP contribution in [0.2, 0.25) is 0 Å². The third-order valence-electron chi connectivity index (χ3n) is 3.94. The largest absolute Gasteiger partial charge is 0.444 e. The van der Waals surface area contributed by atoms with Crippen molar-refractivity contribution in [3.05, 3.63) is 67.1 Å². The van der Waals surface area contributed by atoms with E-state index in [2.05, 4.69) is 37.2 Å². The maximum absolute atomic E-state index is 13.6. The van der Waals surface area contributed by atoms with E-state index in [1.54, 1.807) is 52.8 Å². The number of carbonyl (C=O) groups excluding carboxylic acids is 1. The van der Waals surface area contributed by atoms with Crippen molar-refractivity contribution in [3.63, 3.8) is 0 Å². The van der Waals surface area contributed by atoms with E-state index in [-0.39, 0.29) is 18.2 Å². The van der Waals surface area contributed by atoms with E-state index in [1.807, 2.05) is 6.07 Å². The Hall–Kier alpha value is -1.51. The number of carbonyl (C=O) groups is 1. The van der Waals surface area contributed by atoms with Crippen LogP contribution in [-0.4, -0.2) is 11.7 Å². The van der Waals surface area contributed by atoms with Gasteiger partial charge in [-0.2, -0.15) is 0 Å². The van der Waals surface area contributed by atoms with E-state index in [0.29, 0.717) is 26.6 Å². The van der Waals surface area contributed by atoms with Crippen LogP contribution >= 0.6 is 31.9 Å². The molecule has 0 aromatic heterocycles. The Balaban J connectivity index is 0.000000326. The summed E-state index contributed by atoms with van der Waals surface area (Å²) in [5.41, 5.74) is 7.57. The maximum atomic E-state index is 13.6. The van der Waals surface area contributed by atoms with Crippen molar-refractivity contribution >= 4 is 38.0 Å². The highest BCUT2D eigenvalue weighted by Gasteiger charge is 2.16. The Bertz CT molecular complexity index is 869. The second kappa shape index (κ2) is 11.0. The Morgan fingerprint density at radius 3 is 1.90 bits per heavy atom. The number of hydrogen-bond acceptors (Lipinski definition) is 3. The van der Waals surface area contributed by atoms with Crippen molar-refractivity contribution in [1.82, 2.24) is 5.32 Å².